The Bertz CT molecular complexity index is 2830. The lowest BCUT2D eigenvalue weighted by atomic mass is 10.0. The molecule has 48 heteroatoms. The summed E-state index contributed by atoms with van der Waals surface area (Å²) in [6.07, 6.45) is 1.20. The minimum Gasteiger partial charge on any atom is -0.480 e. The summed E-state index contributed by atoms with van der Waals surface area (Å²) in [4.78, 5) is 175. The Morgan fingerprint density at radius 3 is 1.26 bits per heavy atom. The van der Waals surface area contributed by atoms with Gasteiger partial charge in [-0.3, -0.25) is 96.6 Å². The normalized spacial score (nSPS) is 14.8. The van der Waals surface area contributed by atoms with Crippen LogP contribution in [0.4, 0.5) is 0 Å². The molecule has 1 saturated heterocycles. The molecule has 0 aromatic carbocycles. The average Bonchev–Trinajstić information content (AvgIpc) is 1.72. The first-order valence-corrected chi connectivity index (χ1v) is 41.2. The van der Waals surface area contributed by atoms with Crippen molar-refractivity contribution in [1.29, 1.82) is 0 Å². The van der Waals surface area contributed by atoms with Crippen molar-refractivity contribution < 1.29 is 179 Å². The van der Waals surface area contributed by atoms with Gasteiger partial charge in [0.2, 0.25) is 29.5 Å². The van der Waals surface area contributed by atoms with E-state index in [1.165, 1.54) is 18.9 Å². The van der Waals surface area contributed by atoms with Crippen LogP contribution in [0.1, 0.15) is 116 Å². The number of likely N-dealkylation sites (tertiary alicyclic amines) is 1. The molecule has 14 N–H and O–H groups in total. The van der Waals surface area contributed by atoms with Crippen LogP contribution in [0.5, 0.6) is 0 Å². The monoisotopic (exact) mass is 1750 g/mol. The maximum atomic E-state index is 14.2. The molecular weight excluding hydrogens is 1630 g/mol. The van der Waals surface area contributed by atoms with Crippen LogP contribution in [0.15, 0.2) is 0 Å². The van der Waals surface area contributed by atoms with Gasteiger partial charge >= 0.3 is 62.0 Å². The Kier molecular flexibility index (Phi) is 62.7. The molecule has 5 amide bonds. The van der Waals surface area contributed by atoms with E-state index in [4.69, 9.17) is 51.5 Å². The molecule has 1 heterocycles. The Hall–Kier alpha value is -6.89. The second kappa shape index (κ2) is 67.8. The van der Waals surface area contributed by atoms with Crippen molar-refractivity contribution in [2.75, 3.05) is 204 Å². The van der Waals surface area contributed by atoms with Crippen LogP contribution < -0.4 is 21.3 Å². The summed E-state index contributed by atoms with van der Waals surface area (Å²) < 4.78 is 76.7. The SMILES string of the molecule is CO[PH](=O)OCCOCCOCCOCCOCCOCCOPOCCCCCCSC1CC(=O)N(CCC(=O)NC(COCCC(=O)NCCCCC(C(=O)O)N(CC(=O)O)CC(=O)O)(COCCC(=O)NCCCCC(C(=O)O)N(CC(=O)O)CC(=O)O)COCCC(O)NCCCCC(C(=O)O)N(CC(=O)O)CC(=O)O)C1=O. The van der Waals surface area contributed by atoms with Gasteiger partial charge in [0.25, 0.3) is 0 Å². The van der Waals surface area contributed by atoms with E-state index in [1.54, 1.807) is 0 Å². The van der Waals surface area contributed by atoms with Crippen LogP contribution in [0.25, 0.3) is 0 Å². The fourth-order valence-electron chi connectivity index (χ4n) is 11.1. The van der Waals surface area contributed by atoms with Crippen molar-refractivity contribution in [3.05, 3.63) is 0 Å². The maximum Gasteiger partial charge on any atom is 0.320 e. The van der Waals surface area contributed by atoms with Crippen molar-refractivity contribution in [3.8, 4) is 0 Å². The van der Waals surface area contributed by atoms with Gasteiger partial charge in [0.05, 0.1) is 170 Å². The quantitative estimate of drug-likeness (QED) is 0.0150. The second-order valence-electron chi connectivity index (χ2n) is 26.3. The molecule has 0 aliphatic carbocycles. The van der Waals surface area contributed by atoms with E-state index in [-0.39, 0.29) is 152 Å². The Morgan fingerprint density at radius 1 is 0.462 bits per heavy atom. The third kappa shape index (κ3) is 57.1. The zero-order valence-corrected chi connectivity index (χ0v) is 68.8. The minimum atomic E-state index is -2.45. The third-order valence-electron chi connectivity index (χ3n) is 16.7. The Morgan fingerprint density at radius 2 is 0.846 bits per heavy atom. The number of rotatable bonds is 83. The number of carboxylic acid groups (broad SMARTS) is 9. The first-order valence-electron chi connectivity index (χ1n) is 38.1. The largest absolute Gasteiger partial charge is 0.480 e. The molecule has 1 rings (SSSR count). The van der Waals surface area contributed by atoms with Crippen molar-refractivity contribution in [1.82, 2.24) is 40.9 Å². The van der Waals surface area contributed by atoms with Gasteiger partial charge in [-0.15, -0.1) is 11.8 Å². The first kappa shape index (κ1) is 108. The van der Waals surface area contributed by atoms with E-state index in [9.17, 15) is 123 Å². The van der Waals surface area contributed by atoms with Crippen LogP contribution >= 0.6 is 29.1 Å². The molecule has 0 spiro atoms. The van der Waals surface area contributed by atoms with Crippen molar-refractivity contribution in [2.24, 2.45) is 0 Å². The van der Waals surface area contributed by atoms with Crippen LogP contribution in [-0.4, -0.2) is 393 Å². The number of imide groups is 1. The fraction of sp³-hybridized carbons (Fsp3) is 0.797. The van der Waals surface area contributed by atoms with Crippen molar-refractivity contribution in [2.45, 2.75) is 151 Å². The summed E-state index contributed by atoms with van der Waals surface area (Å²) in [6.45, 7) is -2.97. The highest BCUT2D eigenvalue weighted by Gasteiger charge is 2.40. The van der Waals surface area contributed by atoms with Gasteiger partial charge in [-0.1, -0.05) is 19.3 Å². The number of hydrogen-bond donors (Lipinski definition) is 14. The summed E-state index contributed by atoms with van der Waals surface area (Å²) in [5, 5.41) is 106. The zero-order chi connectivity index (χ0) is 87.0. The van der Waals surface area contributed by atoms with Gasteiger partial charge in [0, 0.05) is 58.8 Å². The smallest absolute Gasteiger partial charge is 0.320 e. The molecule has 674 valence electrons. The van der Waals surface area contributed by atoms with Crippen molar-refractivity contribution >= 4 is 112 Å². The van der Waals surface area contributed by atoms with Gasteiger partial charge in [0.1, 0.15) is 29.9 Å². The van der Waals surface area contributed by atoms with Gasteiger partial charge in [-0.25, -0.2) is 0 Å². The van der Waals surface area contributed by atoms with Crippen LogP contribution in [-0.2, 0) is 128 Å². The first-order chi connectivity index (χ1) is 55.9. The number of hydrogen-bond acceptors (Lipinski definition) is 33. The standard InChI is InChI=1S/C69H120N8O37P2S/c1-103-116(102)114-38-36-108-34-32-106-30-28-104-27-29-105-31-33-107-35-37-113-115-112-23-10-2-3-11-39-117-53-40-58(82)77(65(53)95)22-15-57(81)73-69(47-109-24-16-54(78)70-19-7-4-12-50(66(96)97)74(41-59(83)84)42-60(85)86,48-110-25-17-55(79)71-20-8-5-13-51(67(98)99)75(43-61(87)88)44-62(89)90)49-111-26-18-56(80)72-21-9-6-14-52(68(100)101)76(45-63(91)92)46-64(93)94/h50-54,70,78,115-116H,2-49H2,1H3,(H,71,79)(H,72,80)(H,73,81)(H,83,84)(H,85,86)(H,87,88)(H,89,90)(H,91,92)(H,93,94)(H,96,97)(H,98,99)(H,100,101). The summed E-state index contributed by atoms with van der Waals surface area (Å²) in [7, 11) is -1.33. The molecule has 1 fully saturated rings. The Balaban J connectivity index is 3.06. The zero-order valence-electron chi connectivity index (χ0n) is 66.0. The lowest BCUT2D eigenvalue weighted by Crippen LogP contribution is -2.59. The second-order valence-corrected chi connectivity index (χ2v) is 29.6. The molecule has 1 aliphatic rings. The lowest BCUT2D eigenvalue weighted by molar-refractivity contribution is -0.152. The number of aliphatic carboxylic acids is 9. The number of amides is 5. The molecule has 0 radical (unpaired) electrons. The number of aliphatic hydroxyl groups excluding tert-OH is 1. The molecule has 7 atom stereocenters. The number of aliphatic hydroxyl groups is 1. The average molecular weight is 1750 g/mol. The summed E-state index contributed by atoms with van der Waals surface area (Å²) in [5.74, 6) is -15.3. The summed E-state index contributed by atoms with van der Waals surface area (Å²) in [5.41, 5.74) is -1.71. The highest BCUT2D eigenvalue weighted by molar-refractivity contribution is 8.00. The Labute approximate surface area is 683 Å². The van der Waals surface area contributed by atoms with E-state index in [0.717, 1.165) is 45.3 Å². The summed E-state index contributed by atoms with van der Waals surface area (Å²) in [6, 6.07) is -4.37. The molecule has 117 heavy (non-hydrogen) atoms. The number of ether oxygens (including phenoxy) is 8. The molecule has 0 aromatic heterocycles. The number of nitrogens with one attached hydrogen (secondary N) is 4. The minimum absolute atomic E-state index is 0.00789. The van der Waals surface area contributed by atoms with Crippen LogP contribution in [0.3, 0.4) is 0 Å². The number of thioether (sulfide) groups is 1. The third-order valence-corrected chi connectivity index (χ3v) is 19.5. The number of carbonyl (C=O) groups excluding carboxylic acids is 5. The molecule has 0 bridgehead atoms. The molecule has 0 aromatic rings. The number of nitrogens with zero attached hydrogens (tertiary/aromatic N) is 4. The molecule has 1 aliphatic heterocycles. The maximum absolute atomic E-state index is 14.2. The molecule has 45 nitrogen and oxygen atoms in total. The molecular formula is C69H120N8O37P2S. The van der Waals surface area contributed by atoms with Gasteiger partial charge in [0.15, 0.2) is 9.03 Å². The van der Waals surface area contributed by atoms with Gasteiger partial charge in [-0.05, 0) is 76.5 Å². The topological polar surface area (TPSA) is 630 Å². The van der Waals surface area contributed by atoms with E-state index in [2.05, 4.69) is 25.8 Å². The molecule has 0 saturated carbocycles. The predicted octanol–water partition coefficient (Wildman–Crippen LogP) is -1.03. The van der Waals surface area contributed by atoms with Crippen LogP contribution in [0.2, 0.25) is 0 Å². The van der Waals surface area contributed by atoms with Crippen LogP contribution in [0, 0.1) is 0 Å². The number of unbranched alkanes of at least 4 members (excludes halogenated alkanes) is 6. The number of carbonyl (C=O) groups is 14. The highest BCUT2D eigenvalue weighted by atomic mass is 32.2. The predicted molar refractivity (Wildman–Crippen MR) is 411 cm³/mol. The van der Waals surface area contributed by atoms with Gasteiger partial charge < -0.3 is 123 Å². The number of carboxylic acids is 9. The fourth-order valence-corrected chi connectivity index (χ4v) is 13.1. The van der Waals surface area contributed by atoms with E-state index in [0.29, 0.717) is 78.4 Å². The summed E-state index contributed by atoms with van der Waals surface area (Å²) >= 11 is 1.32. The molecule has 7 unspecified atom stereocenters. The lowest BCUT2D eigenvalue weighted by Gasteiger charge is -2.34. The van der Waals surface area contributed by atoms with E-state index in [1.807, 2.05) is 0 Å². The van der Waals surface area contributed by atoms with E-state index >= 15 is 0 Å². The highest BCUT2D eigenvalue weighted by Crippen LogP contribution is 2.27. The van der Waals surface area contributed by atoms with E-state index < -0.39 is 192 Å². The van der Waals surface area contributed by atoms with Crippen molar-refractivity contribution in [3.63, 3.8) is 0 Å². The van der Waals surface area contributed by atoms with Gasteiger partial charge in [-0.2, -0.15) is 0 Å².